The molecular formula is C14H9ClFN3O3. The SMILES string of the molecule is COc1cccc(F)c1-c1nc2[nH]c(=O)[nH]c(=O)c2cc1Cl. The molecule has 0 spiro atoms. The molecule has 6 nitrogen and oxygen atoms in total. The molecule has 0 aliphatic carbocycles. The van der Waals surface area contributed by atoms with Crippen LogP contribution in [0.1, 0.15) is 0 Å². The monoisotopic (exact) mass is 321 g/mol. The number of aromatic amines is 2. The molecule has 0 unspecified atom stereocenters. The summed E-state index contributed by atoms with van der Waals surface area (Å²) in [6.07, 6.45) is 0. The van der Waals surface area contributed by atoms with Crippen LogP contribution in [0.4, 0.5) is 4.39 Å². The maximum Gasteiger partial charge on any atom is 0.327 e. The van der Waals surface area contributed by atoms with Crippen LogP contribution in [0.2, 0.25) is 5.02 Å². The van der Waals surface area contributed by atoms with Crippen molar-refractivity contribution >= 4 is 22.6 Å². The zero-order valence-electron chi connectivity index (χ0n) is 11.2. The van der Waals surface area contributed by atoms with E-state index < -0.39 is 17.1 Å². The molecule has 0 fully saturated rings. The van der Waals surface area contributed by atoms with Crippen molar-refractivity contribution < 1.29 is 9.13 Å². The molecule has 2 aromatic heterocycles. The van der Waals surface area contributed by atoms with Gasteiger partial charge in [-0.15, -0.1) is 0 Å². The molecule has 0 aliphatic rings. The van der Waals surface area contributed by atoms with Crippen LogP contribution in [0.15, 0.2) is 33.9 Å². The van der Waals surface area contributed by atoms with E-state index in [-0.39, 0.29) is 33.1 Å². The second kappa shape index (κ2) is 5.27. The molecule has 0 amide bonds. The quantitative estimate of drug-likeness (QED) is 0.756. The predicted octanol–water partition coefficient (Wildman–Crippen LogP) is 2.08. The summed E-state index contributed by atoms with van der Waals surface area (Å²) in [5.41, 5.74) is -1.19. The third-order valence-corrected chi connectivity index (χ3v) is 3.40. The van der Waals surface area contributed by atoms with E-state index in [2.05, 4.69) is 15.0 Å². The van der Waals surface area contributed by atoms with Gasteiger partial charge in [0.15, 0.2) is 0 Å². The Balaban J connectivity index is 2.40. The van der Waals surface area contributed by atoms with E-state index in [1.165, 1.54) is 25.3 Å². The van der Waals surface area contributed by atoms with Crippen molar-refractivity contribution in [3.05, 3.63) is 55.9 Å². The first kappa shape index (κ1) is 14.3. The van der Waals surface area contributed by atoms with Gasteiger partial charge in [0.25, 0.3) is 5.56 Å². The topological polar surface area (TPSA) is 87.8 Å². The van der Waals surface area contributed by atoms with Crippen LogP contribution < -0.4 is 16.0 Å². The summed E-state index contributed by atoms with van der Waals surface area (Å²) in [5.74, 6) is -0.346. The molecule has 8 heteroatoms. The summed E-state index contributed by atoms with van der Waals surface area (Å²) >= 11 is 6.12. The number of nitrogens with zero attached hydrogens (tertiary/aromatic N) is 1. The molecular weight excluding hydrogens is 313 g/mol. The van der Waals surface area contributed by atoms with Crippen molar-refractivity contribution in [2.75, 3.05) is 7.11 Å². The minimum Gasteiger partial charge on any atom is -0.496 e. The van der Waals surface area contributed by atoms with E-state index in [1.807, 2.05) is 0 Å². The van der Waals surface area contributed by atoms with Gasteiger partial charge in [-0.1, -0.05) is 17.7 Å². The lowest BCUT2D eigenvalue weighted by Gasteiger charge is -2.11. The lowest BCUT2D eigenvalue weighted by Crippen LogP contribution is -2.22. The van der Waals surface area contributed by atoms with E-state index in [4.69, 9.17) is 16.3 Å². The molecule has 0 aliphatic heterocycles. The smallest absolute Gasteiger partial charge is 0.327 e. The molecule has 22 heavy (non-hydrogen) atoms. The number of benzene rings is 1. The maximum atomic E-state index is 14.1. The summed E-state index contributed by atoms with van der Waals surface area (Å²) in [4.78, 5) is 31.6. The van der Waals surface area contributed by atoms with Gasteiger partial charge in [0, 0.05) is 0 Å². The molecule has 0 bridgehead atoms. The fraction of sp³-hybridized carbons (Fsp3) is 0.0714. The van der Waals surface area contributed by atoms with Gasteiger partial charge in [0.1, 0.15) is 17.2 Å². The Kier molecular flexibility index (Phi) is 3.42. The minimum atomic E-state index is -0.709. The fourth-order valence-corrected chi connectivity index (χ4v) is 2.39. The van der Waals surface area contributed by atoms with Gasteiger partial charge in [-0.05, 0) is 18.2 Å². The third kappa shape index (κ3) is 2.25. The van der Waals surface area contributed by atoms with E-state index >= 15 is 0 Å². The lowest BCUT2D eigenvalue weighted by atomic mass is 10.1. The first-order chi connectivity index (χ1) is 10.5. The van der Waals surface area contributed by atoms with Gasteiger partial charge < -0.3 is 4.74 Å². The number of rotatable bonds is 2. The number of pyridine rings is 1. The van der Waals surface area contributed by atoms with Gasteiger partial charge in [-0.2, -0.15) is 0 Å². The highest BCUT2D eigenvalue weighted by atomic mass is 35.5. The molecule has 3 rings (SSSR count). The van der Waals surface area contributed by atoms with E-state index in [0.717, 1.165) is 0 Å². The largest absolute Gasteiger partial charge is 0.496 e. The second-order valence-corrected chi connectivity index (χ2v) is 4.85. The normalized spacial score (nSPS) is 10.9. The zero-order chi connectivity index (χ0) is 15.9. The Labute approximate surface area is 127 Å². The Morgan fingerprint density at radius 2 is 2.05 bits per heavy atom. The Bertz CT molecular complexity index is 997. The van der Waals surface area contributed by atoms with Gasteiger partial charge >= 0.3 is 5.69 Å². The van der Waals surface area contributed by atoms with Crippen LogP contribution in [0.5, 0.6) is 5.75 Å². The van der Waals surface area contributed by atoms with Crippen molar-refractivity contribution in [2.24, 2.45) is 0 Å². The highest BCUT2D eigenvalue weighted by Gasteiger charge is 2.18. The van der Waals surface area contributed by atoms with Crippen LogP contribution in [0.3, 0.4) is 0 Å². The predicted molar refractivity (Wildman–Crippen MR) is 79.9 cm³/mol. The van der Waals surface area contributed by atoms with Gasteiger partial charge in [0.2, 0.25) is 0 Å². The molecule has 3 aromatic rings. The van der Waals surface area contributed by atoms with Crippen LogP contribution in [0, 0.1) is 5.82 Å². The van der Waals surface area contributed by atoms with Crippen LogP contribution in [-0.4, -0.2) is 22.1 Å². The van der Waals surface area contributed by atoms with E-state index in [9.17, 15) is 14.0 Å². The van der Waals surface area contributed by atoms with Crippen molar-refractivity contribution in [3.63, 3.8) is 0 Å². The summed E-state index contributed by atoms with van der Waals surface area (Å²) < 4.78 is 19.3. The Hall–Kier alpha value is -2.67. The van der Waals surface area contributed by atoms with Crippen LogP contribution in [-0.2, 0) is 0 Å². The highest BCUT2D eigenvalue weighted by molar-refractivity contribution is 6.33. The summed E-state index contributed by atoms with van der Waals surface area (Å²) in [6.45, 7) is 0. The van der Waals surface area contributed by atoms with Gasteiger partial charge in [-0.3, -0.25) is 14.8 Å². The third-order valence-electron chi connectivity index (χ3n) is 3.11. The molecule has 112 valence electrons. The highest BCUT2D eigenvalue weighted by Crippen LogP contribution is 2.36. The summed E-state index contributed by atoms with van der Waals surface area (Å²) in [6, 6.07) is 5.60. The molecule has 2 heterocycles. The van der Waals surface area contributed by atoms with Crippen molar-refractivity contribution in [1.29, 1.82) is 0 Å². The van der Waals surface area contributed by atoms with Crippen molar-refractivity contribution in [2.45, 2.75) is 0 Å². The van der Waals surface area contributed by atoms with Crippen molar-refractivity contribution in [1.82, 2.24) is 15.0 Å². The molecule has 0 saturated heterocycles. The standard InChI is InChI=1S/C14H9ClFN3O3/c1-22-9-4-2-3-8(16)10(9)11-7(15)5-6-12(17-11)18-14(21)19-13(6)20/h2-5H,1H3,(H2,17,18,19,20,21). The lowest BCUT2D eigenvalue weighted by molar-refractivity contribution is 0.413. The molecule has 0 atom stereocenters. The zero-order valence-corrected chi connectivity index (χ0v) is 12.0. The van der Waals surface area contributed by atoms with Gasteiger partial charge in [-0.25, -0.2) is 14.2 Å². The number of fused-ring (bicyclic) bond motifs is 1. The Morgan fingerprint density at radius 1 is 1.27 bits per heavy atom. The molecule has 1 aromatic carbocycles. The number of aromatic nitrogens is 3. The fourth-order valence-electron chi connectivity index (χ4n) is 2.15. The summed E-state index contributed by atoms with van der Waals surface area (Å²) in [5, 5.41) is 0.164. The number of hydrogen-bond acceptors (Lipinski definition) is 4. The van der Waals surface area contributed by atoms with E-state index in [0.29, 0.717) is 0 Å². The van der Waals surface area contributed by atoms with E-state index in [1.54, 1.807) is 6.07 Å². The van der Waals surface area contributed by atoms with Crippen LogP contribution >= 0.6 is 11.6 Å². The second-order valence-electron chi connectivity index (χ2n) is 4.44. The number of hydrogen-bond donors (Lipinski definition) is 2. The molecule has 0 radical (unpaired) electrons. The number of methoxy groups -OCH3 is 1. The number of H-pyrrole nitrogens is 2. The minimum absolute atomic E-state index is 0.0125. The number of ether oxygens (including phenoxy) is 1. The van der Waals surface area contributed by atoms with Crippen molar-refractivity contribution in [3.8, 4) is 17.0 Å². The molecule has 0 saturated carbocycles. The first-order valence-corrected chi connectivity index (χ1v) is 6.55. The average Bonchev–Trinajstić information content (AvgIpc) is 2.47. The first-order valence-electron chi connectivity index (χ1n) is 6.17. The van der Waals surface area contributed by atoms with Gasteiger partial charge in [0.05, 0.1) is 28.8 Å². The molecule has 2 N–H and O–H groups in total. The Morgan fingerprint density at radius 3 is 2.77 bits per heavy atom. The van der Waals surface area contributed by atoms with Crippen LogP contribution in [0.25, 0.3) is 22.3 Å². The summed E-state index contributed by atoms with van der Waals surface area (Å²) in [7, 11) is 1.39. The maximum absolute atomic E-state index is 14.1. The average molecular weight is 322 g/mol. The number of halogens is 2. The number of nitrogens with one attached hydrogen (secondary N) is 2.